The summed E-state index contributed by atoms with van der Waals surface area (Å²) in [6.45, 7) is 0. The molecule has 0 aliphatic heterocycles. The fourth-order valence-electron chi connectivity index (χ4n) is 1.79. The third-order valence-electron chi connectivity index (χ3n) is 2.90. The molecule has 0 radical (unpaired) electrons. The molecule has 0 fully saturated rings. The number of nitrogen functional groups attached to an aromatic ring is 1. The lowest BCUT2D eigenvalue weighted by Crippen LogP contribution is -2.26. The predicted molar refractivity (Wildman–Crippen MR) is 79.5 cm³/mol. The summed E-state index contributed by atoms with van der Waals surface area (Å²) in [5, 5.41) is 10.8. The Kier molecular flexibility index (Phi) is 3.81. The van der Waals surface area contributed by atoms with Gasteiger partial charge in [0.2, 0.25) is 0 Å². The number of nitro groups is 1. The number of nitro benzene ring substituents is 1. The fraction of sp³-hybridized carbons (Fsp3) is 0.0769. The third kappa shape index (κ3) is 2.95. The van der Waals surface area contributed by atoms with E-state index in [0.29, 0.717) is 0 Å². The van der Waals surface area contributed by atoms with Crippen LogP contribution in [0.1, 0.15) is 0 Å². The van der Waals surface area contributed by atoms with E-state index < -0.39 is 14.9 Å². The molecule has 0 aliphatic carbocycles. The minimum absolute atomic E-state index is 0.0950. The van der Waals surface area contributed by atoms with E-state index in [9.17, 15) is 18.5 Å². The summed E-state index contributed by atoms with van der Waals surface area (Å²) in [6.07, 6.45) is 0. The normalized spacial score (nSPS) is 11.1. The molecule has 0 unspecified atom stereocenters. The van der Waals surface area contributed by atoms with Crippen molar-refractivity contribution in [1.29, 1.82) is 0 Å². The van der Waals surface area contributed by atoms with Crippen LogP contribution in [-0.2, 0) is 10.0 Å². The maximum Gasteiger partial charge on any atom is 0.273 e. The number of nitrogens with two attached hydrogens (primary N) is 1. The molecule has 0 aromatic heterocycles. The smallest absolute Gasteiger partial charge is 0.273 e. The standard InChI is InChI=1S/C13H13N3O4S/c1-15(21(19,20)13-5-3-2-4-6-13)11-7-10(14)8-12(9-11)16(17)18/h2-9H,14H2,1H3. The molecule has 0 spiro atoms. The number of sulfonamides is 1. The highest BCUT2D eigenvalue weighted by Crippen LogP contribution is 2.28. The van der Waals surface area contributed by atoms with Gasteiger partial charge < -0.3 is 5.73 Å². The van der Waals surface area contributed by atoms with E-state index in [1.54, 1.807) is 18.2 Å². The van der Waals surface area contributed by atoms with Crippen LogP contribution in [0.4, 0.5) is 17.1 Å². The molecular formula is C13H13N3O4S. The van der Waals surface area contributed by atoms with E-state index in [1.165, 1.54) is 31.3 Å². The highest BCUT2D eigenvalue weighted by Gasteiger charge is 2.22. The molecule has 2 rings (SSSR count). The Bertz CT molecular complexity index is 775. The van der Waals surface area contributed by atoms with Crippen LogP contribution in [0, 0.1) is 10.1 Å². The number of hydrogen-bond acceptors (Lipinski definition) is 5. The topological polar surface area (TPSA) is 107 Å². The van der Waals surface area contributed by atoms with E-state index in [4.69, 9.17) is 5.73 Å². The van der Waals surface area contributed by atoms with Crippen molar-refractivity contribution in [3.8, 4) is 0 Å². The highest BCUT2D eigenvalue weighted by atomic mass is 32.2. The maximum absolute atomic E-state index is 12.4. The summed E-state index contributed by atoms with van der Waals surface area (Å²) in [4.78, 5) is 10.3. The average molecular weight is 307 g/mol. The summed E-state index contributed by atoms with van der Waals surface area (Å²) in [5.41, 5.74) is 5.58. The first-order valence-electron chi connectivity index (χ1n) is 5.91. The van der Waals surface area contributed by atoms with Gasteiger partial charge in [-0.15, -0.1) is 0 Å². The number of rotatable bonds is 4. The van der Waals surface area contributed by atoms with E-state index in [0.717, 1.165) is 10.4 Å². The Hall–Kier alpha value is -2.61. The van der Waals surface area contributed by atoms with Gasteiger partial charge in [-0.1, -0.05) is 18.2 Å². The number of anilines is 2. The lowest BCUT2D eigenvalue weighted by atomic mass is 10.2. The van der Waals surface area contributed by atoms with Gasteiger partial charge in [-0.25, -0.2) is 8.42 Å². The van der Waals surface area contributed by atoms with Crippen LogP contribution in [-0.4, -0.2) is 20.4 Å². The van der Waals surface area contributed by atoms with E-state index in [2.05, 4.69) is 0 Å². The van der Waals surface area contributed by atoms with E-state index in [-0.39, 0.29) is 22.0 Å². The molecular weight excluding hydrogens is 294 g/mol. The van der Waals surface area contributed by atoms with Gasteiger partial charge in [0.15, 0.2) is 0 Å². The minimum Gasteiger partial charge on any atom is -0.398 e. The van der Waals surface area contributed by atoms with Crippen LogP contribution < -0.4 is 10.0 Å². The summed E-state index contributed by atoms with van der Waals surface area (Å²) in [5.74, 6) is 0. The number of hydrogen-bond donors (Lipinski definition) is 1. The summed E-state index contributed by atoms with van der Waals surface area (Å²) < 4.78 is 25.8. The SMILES string of the molecule is CN(c1cc(N)cc([N+](=O)[O-])c1)S(=O)(=O)c1ccccc1. The van der Waals surface area contributed by atoms with Crippen molar-refractivity contribution in [2.24, 2.45) is 0 Å². The molecule has 7 nitrogen and oxygen atoms in total. The molecule has 21 heavy (non-hydrogen) atoms. The lowest BCUT2D eigenvalue weighted by molar-refractivity contribution is -0.384. The number of non-ortho nitro benzene ring substituents is 1. The Morgan fingerprint density at radius 3 is 2.33 bits per heavy atom. The third-order valence-corrected chi connectivity index (χ3v) is 4.70. The van der Waals surface area contributed by atoms with Crippen LogP contribution >= 0.6 is 0 Å². The van der Waals surface area contributed by atoms with Gasteiger partial charge in [-0.2, -0.15) is 0 Å². The van der Waals surface area contributed by atoms with Crippen molar-refractivity contribution in [2.75, 3.05) is 17.1 Å². The van der Waals surface area contributed by atoms with E-state index >= 15 is 0 Å². The molecule has 0 amide bonds. The largest absolute Gasteiger partial charge is 0.398 e. The Morgan fingerprint density at radius 1 is 1.14 bits per heavy atom. The van der Waals surface area contributed by atoms with Gasteiger partial charge in [-0.3, -0.25) is 14.4 Å². The second-order valence-electron chi connectivity index (χ2n) is 4.33. The molecule has 2 N–H and O–H groups in total. The first-order valence-corrected chi connectivity index (χ1v) is 7.35. The zero-order chi connectivity index (χ0) is 15.6. The van der Waals surface area contributed by atoms with E-state index in [1.807, 2.05) is 0 Å². The van der Waals surface area contributed by atoms with Crippen LogP contribution in [0.5, 0.6) is 0 Å². The molecule has 0 bridgehead atoms. The number of benzene rings is 2. The zero-order valence-electron chi connectivity index (χ0n) is 11.1. The number of nitrogens with zero attached hydrogens (tertiary/aromatic N) is 2. The molecule has 0 saturated carbocycles. The predicted octanol–water partition coefficient (Wildman–Crippen LogP) is 2.00. The summed E-state index contributed by atoms with van der Waals surface area (Å²) in [7, 11) is -2.48. The fourth-order valence-corrected chi connectivity index (χ4v) is 2.99. The molecule has 2 aromatic carbocycles. The lowest BCUT2D eigenvalue weighted by Gasteiger charge is -2.19. The molecule has 0 aliphatic rings. The molecule has 110 valence electrons. The molecule has 0 saturated heterocycles. The van der Waals surface area contributed by atoms with Crippen molar-refractivity contribution in [3.05, 3.63) is 58.6 Å². The quantitative estimate of drug-likeness (QED) is 0.528. The van der Waals surface area contributed by atoms with Crippen molar-refractivity contribution >= 4 is 27.1 Å². The molecule has 0 atom stereocenters. The minimum atomic E-state index is -3.80. The maximum atomic E-state index is 12.4. The zero-order valence-corrected chi connectivity index (χ0v) is 11.9. The van der Waals surface area contributed by atoms with Gasteiger partial charge in [0.25, 0.3) is 15.7 Å². The van der Waals surface area contributed by atoms with Crippen molar-refractivity contribution in [1.82, 2.24) is 0 Å². The Balaban J connectivity index is 2.50. The van der Waals surface area contributed by atoms with Gasteiger partial charge >= 0.3 is 0 Å². The molecule has 0 heterocycles. The first-order chi connectivity index (χ1) is 9.82. The second-order valence-corrected chi connectivity index (χ2v) is 6.29. The van der Waals surface area contributed by atoms with Crippen molar-refractivity contribution in [2.45, 2.75) is 4.90 Å². The Labute approximate surface area is 121 Å². The Morgan fingerprint density at radius 2 is 1.76 bits per heavy atom. The van der Waals surface area contributed by atoms with Crippen molar-refractivity contribution < 1.29 is 13.3 Å². The monoisotopic (exact) mass is 307 g/mol. The average Bonchev–Trinajstić information content (AvgIpc) is 2.46. The summed E-state index contributed by atoms with van der Waals surface area (Å²) >= 11 is 0. The first kappa shape index (κ1) is 14.8. The van der Waals surface area contributed by atoms with Gasteiger partial charge in [-0.05, 0) is 18.2 Å². The molecule has 8 heteroatoms. The van der Waals surface area contributed by atoms with Crippen LogP contribution in [0.15, 0.2) is 53.4 Å². The molecule has 2 aromatic rings. The van der Waals surface area contributed by atoms with Gasteiger partial charge in [0.05, 0.1) is 15.5 Å². The van der Waals surface area contributed by atoms with Gasteiger partial charge in [0, 0.05) is 24.9 Å². The van der Waals surface area contributed by atoms with Crippen molar-refractivity contribution in [3.63, 3.8) is 0 Å². The van der Waals surface area contributed by atoms with Crippen LogP contribution in [0.3, 0.4) is 0 Å². The van der Waals surface area contributed by atoms with Gasteiger partial charge in [0.1, 0.15) is 0 Å². The highest BCUT2D eigenvalue weighted by molar-refractivity contribution is 7.92. The van der Waals surface area contributed by atoms with Crippen LogP contribution in [0.2, 0.25) is 0 Å². The summed E-state index contributed by atoms with van der Waals surface area (Å²) in [6, 6.07) is 11.5. The second kappa shape index (κ2) is 5.41. The van der Waals surface area contributed by atoms with Crippen LogP contribution in [0.25, 0.3) is 0 Å².